The highest BCUT2D eigenvalue weighted by atomic mass is 32.2. The first-order valence-corrected chi connectivity index (χ1v) is 7.71. The van der Waals surface area contributed by atoms with Crippen molar-refractivity contribution in [3.8, 4) is 0 Å². The molecule has 2 rings (SSSR count). The highest BCUT2D eigenvalue weighted by molar-refractivity contribution is 8.06. The van der Waals surface area contributed by atoms with Gasteiger partial charge in [0.15, 0.2) is 0 Å². The van der Waals surface area contributed by atoms with Crippen LogP contribution < -0.4 is 22.1 Å². The summed E-state index contributed by atoms with van der Waals surface area (Å²) in [4.78, 5) is 8.55. The van der Waals surface area contributed by atoms with Gasteiger partial charge in [0.1, 0.15) is 5.03 Å². The van der Waals surface area contributed by atoms with Gasteiger partial charge in [-0.05, 0) is 11.5 Å². The monoisotopic (exact) mass is 306 g/mol. The van der Waals surface area contributed by atoms with Crippen molar-refractivity contribution in [3.05, 3.63) is 34.1 Å². The molecule has 6 N–H and O–H groups in total. The lowest BCUT2D eigenvalue weighted by Gasteiger charge is -2.20. The van der Waals surface area contributed by atoms with E-state index in [1.54, 1.807) is 24.0 Å². The van der Waals surface area contributed by atoms with Gasteiger partial charge in [-0.1, -0.05) is 32.5 Å². The number of aromatic nitrogens is 2. The molecule has 0 aromatic carbocycles. The maximum atomic E-state index is 6.22. The second-order valence-corrected chi connectivity index (χ2v) is 6.63. The fourth-order valence-electron chi connectivity index (χ4n) is 1.69. The first kappa shape index (κ1) is 15.7. The van der Waals surface area contributed by atoms with Crippen molar-refractivity contribution in [2.24, 2.45) is 16.9 Å². The first-order valence-electron chi connectivity index (χ1n) is 6.83. The summed E-state index contributed by atoms with van der Waals surface area (Å²) in [6, 6.07) is 1.80. The van der Waals surface area contributed by atoms with Gasteiger partial charge in [0.05, 0.1) is 11.4 Å². The number of nitrogens with two attached hydrogens (primary N) is 2. The van der Waals surface area contributed by atoms with Crippen LogP contribution in [0.3, 0.4) is 0 Å². The number of anilines is 1. The van der Waals surface area contributed by atoms with E-state index in [1.165, 1.54) is 0 Å². The maximum absolute atomic E-state index is 6.22. The zero-order chi connectivity index (χ0) is 15.5. The van der Waals surface area contributed by atoms with E-state index in [9.17, 15) is 0 Å². The van der Waals surface area contributed by atoms with E-state index in [0.29, 0.717) is 30.4 Å². The third kappa shape index (κ3) is 3.89. The third-order valence-electron chi connectivity index (χ3n) is 2.95. The minimum absolute atomic E-state index is 0.0640. The Morgan fingerprint density at radius 1 is 1.43 bits per heavy atom. The number of allylic oxidation sites excluding steroid dienone is 1. The second-order valence-electron chi connectivity index (χ2n) is 5.75. The summed E-state index contributed by atoms with van der Waals surface area (Å²) in [6.07, 6.45) is 1.69. The quantitative estimate of drug-likeness (QED) is 0.671. The molecule has 6 nitrogen and oxygen atoms in total. The fourth-order valence-corrected chi connectivity index (χ4v) is 2.74. The van der Waals surface area contributed by atoms with E-state index in [1.807, 2.05) is 0 Å². The molecule has 2 heterocycles. The van der Waals surface area contributed by atoms with Crippen molar-refractivity contribution in [1.29, 1.82) is 0 Å². The Morgan fingerprint density at radius 2 is 2.19 bits per heavy atom. The number of rotatable bonds is 4. The van der Waals surface area contributed by atoms with E-state index in [4.69, 9.17) is 11.5 Å². The zero-order valence-electron chi connectivity index (χ0n) is 12.6. The Bertz CT molecular complexity index is 573. The van der Waals surface area contributed by atoms with Crippen LogP contribution in [0.5, 0.6) is 0 Å². The maximum Gasteiger partial charge on any atom is 0.223 e. The average Bonchev–Trinajstić information content (AvgIpc) is 2.94. The molecule has 0 fully saturated rings. The van der Waals surface area contributed by atoms with Gasteiger partial charge in [0.25, 0.3) is 0 Å². The molecule has 1 aromatic rings. The minimum Gasteiger partial charge on any atom is -0.395 e. The molecule has 0 spiro atoms. The molecule has 1 aliphatic rings. The van der Waals surface area contributed by atoms with Crippen LogP contribution in [0.2, 0.25) is 0 Å². The molecule has 0 atom stereocenters. The van der Waals surface area contributed by atoms with Gasteiger partial charge in [-0.25, -0.2) is 9.97 Å². The summed E-state index contributed by atoms with van der Waals surface area (Å²) >= 11 is 1.58. The van der Waals surface area contributed by atoms with Crippen molar-refractivity contribution in [3.63, 3.8) is 0 Å². The van der Waals surface area contributed by atoms with Gasteiger partial charge in [0.2, 0.25) is 5.95 Å². The van der Waals surface area contributed by atoms with Gasteiger partial charge < -0.3 is 22.1 Å². The van der Waals surface area contributed by atoms with Gasteiger partial charge >= 0.3 is 0 Å². The van der Waals surface area contributed by atoms with Crippen molar-refractivity contribution in [2.45, 2.75) is 20.8 Å². The van der Waals surface area contributed by atoms with Crippen molar-refractivity contribution in [2.75, 3.05) is 18.4 Å². The molecule has 0 aliphatic carbocycles. The van der Waals surface area contributed by atoms with E-state index in [2.05, 4.69) is 46.8 Å². The summed E-state index contributed by atoms with van der Waals surface area (Å²) in [5.41, 5.74) is 14.2. The van der Waals surface area contributed by atoms with Crippen LogP contribution in [0.1, 0.15) is 26.5 Å². The Hall–Kier alpha value is -1.73. The normalized spacial score (nSPS) is 17.2. The van der Waals surface area contributed by atoms with Crippen molar-refractivity contribution >= 4 is 23.4 Å². The van der Waals surface area contributed by atoms with Gasteiger partial charge in [-0.3, -0.25) is 0 Å². The van der Waals surface area contributed by atoms with E-state index < -0.39 is 0 Å². The van der Waals surface area contributed by atoms with Crippen LogP contribution in [0.4, 0.5) is 5.95 Å². The minimum atomic E-state index is 0.0640. The molecule has 0 radical (unpaired) electrons. The SMILES string of the molecule is CC(C)(C)C1=CS/C(=C(/N)c2ccnc(NCCN)n2)N1. The number of hydrogen-bond acceptors (Lipinski definition) is 7. The van der Waals surface area contributed by atoms with Gasteiger partial charge in [0, 0.05) is 30.4 Å². The van der Waals surface area contributed by atoms with Gasteiger partial charge in [-0.2, -0.15) is 0 Å². The Balaban J connectivity index is 2.17. The zero-order valence-corrected chi connectivity index (χ0v) is 13.4. The highest BCUT2D eigenvalue weighted by Crippen LogP contribution is 2.36. The second kappa shape index (κ2) is 6.36. The van der Waals surface area contributed by atoms with E-state index in [0.717, 1.165) is 10.7 Å². The van der Waals surface area contributed by atoms with E-state index >= 15 is 0 Å². The van der Waals surface area contributed by atoms with Gasteiger partial charge in [-0.15, -0.1) is 0 Å². The smallest absolute Gasteiger partial charge is 0.223 e. The Kier molecular flexibility index (Phi) is 4.74. The van der Waals surface area contributed by atoms with Crippen LogP contribution >= 0.6 is 11.8 Å². The summed E-state index contributed by atoms with van der Waals surface area (Å²) in [7, 11) is 0. The summed E-state index contributed by atoms with van der Waals surface area (Å²) < 4.78 is 0. The molecule has 0 unspecified atom stereocenters. The molecular weight excluding hydrogens is 284 g/mol. The van der Waals surface area contributed by atoms with Crippen LogP contribution in [0.25, 0.3) is 5.70 Å². The lowest BCUT2D eigenvalue weighted by molar-refractivity contribution is 0.481. The van der Waals surface area contributed by atoms with Crippen LogP contribution in [-0.4, -0.2) is 23.1 Å². The predicted molar refractivity (Wildman–Crippen MR) is 88.9 cm³/mol. The topological polar surface area (TPSA) is 102 Å². The standard InChI is InChI=1S/C14H22N6S/c1-14(2,3)10-8-21-12(20-10)11(16)9-4-6-17-13(19-9)18-7-5-15/h4,6,8,20H,5,7,15-16H2,1-3H3,(H,17,18,19)/b12-11+. The Labute approximate surface area is 129 Å². The summed E-state index contributed by atoms with van der Waals surface area (Å²) in [5, 5.41) is 9.42. The third-order valence-corrected chi connectivity index (χ3v) is 3.87. The first-order chi connectivity index (χ1) is 9.91. The average molecular weight is 306 g/mol. The fraction of sp³-hybridized carbons (Fsp3) is 0.429. The Morgan fingerprint density at radius 3 is 2.81 bits per heavy atom. The number of nitrogens with one attached hydrogen (secondary N) is 2. The molecule has 7 heteroatoms. The van der Waals surface area contributed by atoms with Crippen LogP contribution in [0.15, 0.2) is 28.4 Å². The van der Waals surface area contributed by atoms with Crippen molar-refractivity contribution in [1.82, 2.24) is 15.3 Å². The van der Waals surface area contributed by atoms with Crippen molar-refractivity contribution < 1.29 is 0 Å². The molecule has 0 bridgehead atoms. The van der Waals surface area contributed by atoms with Crippen LogP contribution in [-0.2, 0) is 0 Å². The molecule has 1 aromatic heterocycles. The highest BCUT2D eigenvalue weighted by Gasteiger charge is 2.24. The summed E-state index contributed by atoms with van der Waals surface area (Å²) in [6.45, 7) is 7.63. The molecule has 114 valence electrons. The lowest BCUT2D eigenvalue weighted by Crippen LogP contribution is -2.21. The molecule has 1 aliphatic heterocycles. The molecule has 21 heavy (non-hydrogen) atoms. The molecule has 0 amide bonds. The number of nitrogens with zero attached hydrogens (tertiary/aromatic N) is 2. The number of hydrogen-bond donors (Lipinski definition) is 4. The molecular formula is C14H22N6S. The molecule has 0 saturated carbocycles. The number of thioether (sulfide) groups is 1. The van der Waals surface area contributed by atoms with E-state index in [-0.39, 0.29) is 5.41 Å². The largest absolute Gasteiger partial charge is 0.395 e. The van der Waals surface area contributed by atoms with Crippen LogP contribution in [0, 0.1) is 5.41 Å². The summed E-state index contributed by atoms with van der Waals surface area (Å²) in [5.74, 6) is 0.536. The molecule has 0 saturated heterocycles. The lowest BCUT2D eigenvalue weighted by atomic mass is 9.93. The predicted octanol–water partition coefficient (Wildman–Crippen LogP) is 1.66.